The number of rotatable bonds is 5. The monoisotopic (exact) mass is 517 g/mol. The molecule has 2 fully saturated rings. The Hall–Kier alpha value is -3.44. The number of benzene rings is 2. The normalized spacial score (nSPS) is 15.8. The highest BCUT2D eigenvalue weighted by molar-refractivity contribution is 8.02. The van der Waals surface area contributed by atoms with Crippen molar-refractivity contribution in [1.82, 2.24) is 14.9 Å². The molecular weight excluding hydrogens is 500 g/mol. The highest BCUT2D eigenvalue weighted by Crippen LogP contribution is 2.47. The van der Waals surface area contributed by atoms with E-state index in [-0.39, 0.29) is 32.6 Å². The van der Waals surface area contributed by atoms with Crippen LogP contribution in [0.2, 0.25) is 5.02 Å². The van der Waals surface area contributed by atoms with Crippen molar-refractivity contribution in [1.29, 1.82) is 0 Å². The van der Waals surface area contributed by atoms with Crippen LogP contribution in [0, 0.1) is 11.6 Å². The van der Waals surface area contributed by atoms with Crippen LogP contribution in [-0.4, -0.2) is 56.2 Å². The Morgan fingerprint density at radius 1 is 1.03 bits per heavy atom. The predicted octanol–water partition coefficient (Wildman–Crippen LogP) is 4.18. The van der Waals surface area contributed by atoms with Gasteiger partial charge in [0.15, 0.2) is 17.3 Å². The molecule has 0 atom stereocenters. The summed E-state index contributed by atoms with van der Waals surface area (Å²) in [5, 5.41) is 4.96. The van der Waals surface area contributed by atoms with Crippen molar-refractivity contribution in [2.75, 3.05) is 29.5 Å². The number of likely N-dealkylation sites (tertiary alicyclic amines) is 1. The van der Waals surface area contributed by atoms with E-state index in [1.54, 1.807) is 4.90 Å². The van der Waals surface area contributed by atoms with Crippen LogP contribution >= 0.6 is 23.4 Å². The first-order valence-electron chi connectivity index (χ1n) is 10.6. The first-order valence-corrected chi connectivity index (χ1v) is 11.9. The third-order valence-corrected chi connectivity index (χ3v) is 7.73. The number of anilines is 2. The number of carbonyl (C=O) groups excluding carboxylic acids is 3. The number of halogens is 3. The number of hydrogen-bond acceptors (Lipinski definition) is 5. The van der Waals surface area contributed by atoms with E-state index in [1.165, 1.54) is 30.6 Å². The van der Waals surface area contributed by atoms with Crippen molar-refractivity contribution in [2.24, 2.45) is 0 Å². The molecule has 2 aromatic carbocycles. The van der Waals surface area contributed by atoms with E-state index in [4.69, 9.17) is 11.6 Å². The molecule has 3 amide bonds. The summed E-state index contributed by atoms with van der Waals surface area (Å²) in [7, 11) is 0. The maximum absolute atomic E-state index is 13.5. The Morgan fingerprint density at radius 3 is 2.23 bits per heavy atom. The summed E-state index contributed by atoms with van der Waals surface area (Å²) >= 11 is 7.70. The summed E-state index contributed by atoms with van der Waals surface area (Å²) in [5.41, 5.74) is 0.637. The van der Waals surface area contributed by atoms with Crippen LogP contribution in [0.5, 0.6) is 0 Å². The fourth-order valence-electron chi connectivity index (χ4n) is 3.94. The van der Waals surface area contributed by atoms with Crippen LogP contribution in [0.3, 0.4) is 0 Å². The van der Waals surface area contributed by atoms with Crippen molar-refractivity contribution in [3.05, 3.63) is 76.3 Å². The van der Waals surface area contributed by atoms with Gasteiger partial charge in [-0.1, -0.05) is 11.6 Å². The molecule has 8 nitrogen and oxygen atoms in total. The van der Waals surface area contributed by atoms with Gasteiger partial charge in [-0.15, -0.1) is 0 Å². The zero-order valence-electron chi connectivity index (χ0n) is 18.0. The number of nitrogens with zero attached hydrogens (tertiary/aromatic N) is 2. The van der Waals surface area contributed by atoms with Gasteiger partial charge in [-0.25, -0.2) is 13.8 Å². The third kappa shape index (κ3) is 4.48. The SMILES string of the molecule is O=C(Nc1ccc(NC(=O)c2nc[nH]c2C(=O)N2CC3(CCS3)C2)cc1)c1cc(F)c(F)cc1Cl. The molecule has 1 aromatic heterocycles. The fourth-order valence-corrected chi connectivity index (χ4v) is 5.45. The molecule has 2 saturated heterocycles. The molecule has 2 aliphatic rings. The summed E-state index contributed by atoms with van der Waals surface area (Å²) in [6.45, 7) is 1.33. The first kappa shape index (κ1) is 23.3. The highest BCUT2D eigenvalue weighted by atomic mass is 35.5. The van der Waals surface area contributed by atoms with Gasteiger partial charge in [0.1, 0.15) is 5.69 Å². The molecule has 0 saturated carbocycles. The van der Waals surface area contributed by atoms with Gasteiger partial charge in [0.05, 0.1) is 21.7 Å². The first-order chi connectivity index (χ1) is 16.7. The van der Waals surface area contributed by atoms with Crippen LogP contribution in [-0.2, 0) is 0 Å². The number of amides is 3. The molecule has 1 spiro atoms. The van der Waals surface area contributed by atoms with Crippen molar-refractivity contribution in [2.45, 2.75) is 11.2 Å². The van der Waals surface area contributed by atoms with Gasteiger partial charge in [-0.05, 0) is 48.6 Å². The molecule has 0 aliphatic carbocycles. The third-order valence-electron chi connectivity index (χ3n) is 5.93. The maximum Gasteiger partial charge on any atom is 0.276 e. The van der Waals surface area contributed by atoms with Gasteiger partial charge in [-0.3, -0.25) is 14.4 Å². The average Bonchev–Trinajstić information content (AvgIpc) is 3.25. The van der Waals surface area contributed by atoms with Gasteiger partial charge in [-0.2, -0.15) is 11.8 Å². The molecule has 5 rings (SSSR count). The quantitative estimate of drug-likeness (QED) is 0.440. The Morgan fingerprint density at radius 2 is 1.63 bits per heavy atom. The summed E-state index contributed by atoms with van der Waals surface area (Å²) in [6.07, 6.45) is 2.40. The lowest BCUT2D eigenvalue weighted by Crippen LogP contribution is -2.65. The van der Waals surface area contributed by atoms with E-state index in [1.807, 2.05) is 11.8 Å². The Kier molecular flexibility index (Phi) is 5.97. The predicted molar refractivity (Wildman–Crippen MR) is 128 cm³/mol. The number of aromatic amines is 1. The summed E-state index contributed by atoms with van der Waals surface area (Å²) < 4.78 is 26.9. The van der Waals surface area contributed by atoms with Gasteiger partial charge >= 0.3 is 0 Å². The maximum atomic E-state index is 13.5. The van der Waals surface area contributed by atoms with E-state index < -0.39 is 23.4 Å². The number of thioether (sulfide) groups is 1. The zero-order chi connectivity index (χ0) is 24.7. The number of H-pyrrole nitrogens is 1. The number of carbonyl (C=O) groups is 3. The smallest absolute Gasteiger partial charge is 0.276 e. The van der Waals surface area contributed by atoms with Crippen LogP contribution in [0.15, 0.2) is 42.7 Å². The molecule has 180 valence electrons. The molecule has 3 N–H and O–H groups in total. The van der Waals surface area contributed by atoms with E-state index >= 15 is 0 Å². The van der Waals surface area contributed by atoms with E-state index in [9.17, 15) is 23.2 Å². The standard InChI is InChI=1S/C23H18ClF2N5O3S/c24-15-8-17(26)16(25)7-14(15)20(32)29-12-1-3-13(4-2-12)30-21(33)18-19(28-11-27-18)22(34)31-9-23(10-31)5-6-35-23/h1-4,7-8,11H,5-6,9-10H2,(H,27,28)(H,29,32)(H,30,33). The van der Waals surface area contributed by atoms with Crippen LogP contribution in [0.1, 0.15) is 37.8 Å². The second kappa shape index (κ2) is 8.97. The van der Waals surface area contributed by atoms with E-state index in [2.05, 4.69) is 20.6 Å². The van der Waals surface area contributed by atoms with Crippen molar-refractivity contribution >= 4 is 52.5 Å². The minimum atomic E-state index is -1.19. The average molecular weight is 518 g/mol. The van der Waals surface area contributed by atoms with Crippen molar-refractivity contribution in [3.8, 4) is 0 Å². The minimum Gasteiger partial charge on any atom is -0.340 e. The lowest BCUT2D eigenvalue weighted by molar-refractivity contribution is 0.0534. The molecule has 0 bridgehead atoms. The lowest BCUT2D eigenvalue weighted by Gasteiger charge is -2.54. The number of imidazole rings is 1. The van der Waals surface area contributed by atoms with Gasteiger partial charge in [0, 0.05) is 24.5 Å². The fraction of sp³-hybridized carbons (Fsp3) is 0.217. The minimum absolute atomic E-state index is 0.0115. The van der Waals surface area contributed by atoms with Gasteiger partial charge in [0.2, 0.25) is 0 Å². The summed E-state index contributed by atoms with van der Waals surface area (Å²) in [5.74, 6) is -2.78. The Bertz CT molecular complexity index is 1340. The van der Waals surface area contributed by atoms with Crippen LogP contribution in [0.4, 0.5) is 20.2 Å². The largest absolute Gasteiger partial charge is 0.340 e. The zero-order valence-corrected chi connectivity index (χ0v) is 19.6. The van der Waals surface area contributed by atoms with Crippen molar-refractivity contribution in [3.63, 3.8) is 0 Å². The number of nitrogens with one attached hydrogen (secondary N) is 3. The molecule has 0 unspecified atom stereocenters. The van der Waals surface area contributed by atoms with Crippen molar-refractivity contribution < 1.29 is 23.2 Å². The van der Waals surface area contributed by atoms with Crippen LogP contribution in [0.25, 0.3) is 0 Å². The highest BCUT2D eigenvalue weighted by Gasteiger charge is 2.50. The summed E-state index contributed by atoms with van der Waals surface area (Å²) in [6, 6.07) is 7.52. The molecule has 3 aromatic rings. The van der Waals surface area contributed by atoms with Crippen LogP contribution < -0.4 is 10.6 Å². The molecule has 12 heteroatoms. The Balaban J connectivity index is 1.22. The Labute approximate surface area is 207 Å². The second-order valence-corrected chi connectivity index (χ2v) is 10.3. The summed E-state index contributed by atoms with van der Waals surface area (Å²) in [4.78, 5) is 46.4. The molecule has 2 aliphatic heterocycles. The van der Waals surface area contributed by atoms with Gasteiger partial charge < -0.3 is 20.5 Å². The molecule has 3 heterocycles. The number of aromatic nitrogens is 2. The second-order valence-electron chi connectivity index (χ2n) is 8.30. The topological polar surface area (TPSA) is 107 Å². The molecule has 35 heavy (non-hydrogen) atoms. The number of hydrogen-bond donors (Lipinski definition) is 3. The molecule has 0 radical (unpaired) electrons. The van der Waals surface area contributed by atoms with E-state index in [0.717, 1.165) is 24.3 Å². The van der Waals surface area contributed by atoms with Gasteiger partial charge in [0.25, 0.3) is 17.7 Å². The van der Waals surface area contributed by atoms with E-state index in [0.29, 0.717) is 24.5 Å². The lowest BCUT2D eigenvalue weighted by atomic mass is 9.94. The molecular formula is C23H18ClF2N5O3S.